The Morgan fingerprint density at radius 2 is 1.94 bits per heavy atom. The van der Waals surface area contributed by atoms with Gasteiger partial charge in [0.1, 0.15) is 11.2 Å². The number of nitrogens with zero attached hydrogens (tertiary/aromatic N) is 6. The van der Waals surface area contributed by atoms with E-state index >= 15 is 0 Å². The van der Waals surface area contributed by atoms with Crippen molar-refractivity contribution in [1.82, 2.24) is 29.3 Å². The van der Waals surface area contributed by atoms with Crippen LogP contribution in [0.2, 0.25) is 0 Å². The van der Waals surface area contributed by atoms with E-state index in [4.69, 9.17) is 5.73 Å². The molecule has 5 rings (SSSR count). The fraction of sp³-hybridized carbons (Fsp3) is 0.174. The first-order valence-corrected chi connectivity index (χ1v) is 10.9. The quantitative estimate of drug-likeness (QED) is 0.448. The summed E-state index contributed by atoms with van der Waals surface area (Å²) in [5.41, 5.74) is 13.5. The lowest BCUT2D eigenvalue weighted by atomic mass is 10.0. The van der Waals surface area contributed by atoms with Crippen molar-refractivity contribution >= 4 is 28.3 Å². The number of hydrogen-bond donors (Lipinski definition) is 1. The molecule has 0 spiro atoms. The van der Waals surface area contributed by atoms with Gasteiger partial charge in [0.2, 0.25) is 0 Å². The molecular weight excluding hydrogens is 422 g/mol. The molecule has 0 saturated heterocycles. The summed E-state index contributed by atoms with van der Waals surface area (Å²) in [7, 11) is 3.93. The van der Waals surface area contributed by atoms with Gasteiger partial charge < -0.3 is 10.3 Å². The molecule has 0 bridgehead atoms. The van der Waals surface area contributed by atoms with Gasteiger partial charge in [-0.1, -0.05) is 12.1 Å². The number of nitrogens with two attached hydrogens (primary N) is 1. The van der Waals surface area contributed by atoms with Crippen LogP contribution in [0.1, 0.15) is 25.8 Å². The van der Waals surface area contributed by atoms with Crippen molar-refractivity contribution in [3.05, 3.63) is 70.2 Å². The first-order valence-electron chi connectivity index (χ1n) is 10.0. The molecule has 0 fully saturated rings. The normalized spacial score (nSPS) is 11.3. The number of aryl methyl sites for hydroxylation is 3. The number of rotatable bonds is 5. The number of carbonyl (C=O) groups excluding carboxylic acids is 1. The van der Waals surface area contributed by atoms with Crippen molar-refractivity contribution in [3.8, 4) is 22.5 Å². The molecular formula is C23H21N7OS. The summed E-state index contributed by atoms with van der Waals surface area (Å²) in [6.45, 7) is 2.08. The maximum Gasteiger partial charge on any atom is 0.260 e. The first kappa shape index (κ1) is 20.1. The molecule has 4 aromatic heterocycles. The Morgan fingerprint density at radius 3 is 2.62 bits per heavy atom. The molecule has 0 aliphatic rings. The van der Waals surface area contributed by atoms with Crippen LogP contribution in [0, 0.1) is 6.92 Å². The Morgan fingerprint density at radius 1 is 1.09 bits per heavy atom. The molecule has 160 valence electrons. The molecule has 9 heteroatoms. The zero-order valence-electron chi connectivity index (χ0n) is 17.9. The Balaban J connectivity index is 1.53. The van der Waals surface area contributed by atoms with Gasteiger partial charge in [-0.2, -0.15) is 5.10 Å². The fourth-order valence-electron chi connectivity index (χ4n) is 3.93. The third-order valence-electron chi connectivity index (χ3n) is 5.58. The van der Waals surface area contributed by atoms with Gasteiger partial charge in [0.25, 0.3) is 5.91 Å². The highest BCUT2D eigenvalue weighted by Crippen LogP contribution is 2.32. The third kappa shape index (κ3) is 3.46. The second kappa shape index (κ2) is 7.69. The number of amides is 1. The zero-order chi connectivity index (χ0) is 22.4. The summed E-state index contributed by atoms with van der Waals surface area (Å²) in [6, 6.07) is 8.37. The monoisotopic (exact) mass is 443 g/mol. The first-order chi connectivity index (χ1) is 15.4. The van der Waals surface area contributed by atoms with Crippen molar-refractivity contribution in [2.45, 2.75) is 13.3 Å². The van der Waals surface area contributed by atoms with E-state index in [9.17, 15) is 4.79 Å². The molecule has 0 aliphatic carbocycles. The van der Waals surface area contributed by atoms with E-state index < -0.39 is 5.91 Å². The van der Waals surface area contributed by atoms with Crippen LogP contribution in [0.3, 0.4) is 0 Å². The number of hydrogen-bond acceptors (Lipinski definition) is 6. The van der Waals surface area contributed by atoms with Gasteiger partial charge in [0.15, 0.2) is 0 Å². The summed E-state index contributed by atoms with van der Waals surface area (Å²) >= 11 is 1.33. The van der Waals surface area contributed by atoms with Crippen LogP contribution in [-0.4, -0.2) is 35.2 Å². The van der Waals surface area contributed by atoms with Crippen LogP contribution in [0.4, 0.5) is 0 Å². The van der Waals surface area contributed by atoms with Gasteiger partial charge >= 0.3 is 0 Å². The van der Waals surface area contributed by atoms with Crippen LogP contribution in [-0.2, 0) is 20.5 Å². The smallest absolute Gasteiger partial charge is 0.260 e. The van der Waals surface area contributed by atoms with Crippen molar-refractivity contribution in [2.75, 3.05) is 0 Å². The predicted molar refractivity (Wildman–Crippen MR) is 124 cm³/mol. The van der Waals surface area contributed by atoms with E-state index in [1.54, 1.807) is 17.2 Å². The summed E-state index contributed by atoms with van der Waals surface area (Å²) in [5.74, 6) is -0.443. The molecule has 5 aromatic rings. The maximum absolute atomic E-state index is 11.3. The van der Waals surface area contributed by atoms with Gasteiger partial charge in [-0.3, -0.25) is 9.48 Å². The highest BCUT2D eigenvalue weighted by atomic mass is 32.1. The van der Waals surface area contributed by atoms with Gasteiger partial charge in [-0.25, -0.2) is 15.0 Å². The summed E-state index contributed by atoms with van der Waals surface area (Å²) in [6.07, 6.45) is 7.64. The largest absolute Gasteiger partial charge is 0.365 e. The van der Waals surface area contributed by atoms with Crippen LogP contribution in [0.5, 0.6) is 0 Å². The van der Waals surface area contributed by atoms with Crippen molar-refractivity contribution in [3.63, 3.8) is 0 Å². The van der Waals surface area contributed by atoms with E-state index in [1.807, 2.05) is 26.5 Å². The van der Waals surface area contributed by atoms with Gasteiger partial charge in [-0.05, 0) is 30.2 Å². The Hall–Kier alpha value is -3.85. The van der Waals surface area contributed by atoms with E-state index in [1.165, 1.54) is 11.3 Å². The van der Waals surface area contributed by atoms with Gasteiger partial charge in [0, 0.05) is 37.8 Å². The Kier molecular flexibility index (Phi) is 4.82. The lowest BCUT2D eigenvalue weighted by molar-refractivity contribution is 0.100. The number of thiazole rings is 1. The summed E-state index contributed by atoms with van der Waals surface area (Å²) in [5, 5.41) is 5.15. The molecule has 32 heavy (non-hydrogen) atoms. The summed E-state index contributed by atoms with van der Waals surface area (Å²) in [4.78, 5) is 25.2. The SMILES string of the molecule is Cc1cc(-c2ncnc3cc(-c4cnn(C)c4)n(C)c23)ccc1Cc1ncc(C(N)=O)s1. The van der Waals surface area contributed by atoms with Crippen LogP contribution in [0.15, 0.2) is 49.2 Å². The highest BCUT2D eigenvalue weighted by Gasteiger charge is 2.16. The average Bonchev–Trinajstić information content (AvgIpc) is 3.49. The lowest BCUT2D eigenvalue weighted by Crippen LogP contribution is -2.08. The standard InChI is InChI=1S/C23H21N7OS/c1-13-6-15(5-4-14(13)7-20-25-10-19(32-20)23(24)31)21-22-17(26-12-27-21)8-18(30(22)3)16-9-28-29(2)11-16/h4-6,8-12H,7H2,1-3H3,(H2,24,31). The molecule has 0 atom stereocenters. The molecule has 0 unspecified atom stereocenters. The van der Waals surface area contributed by atoms with E-state index in [2.05, 4.69) is 55.8 Å². The second-order valence-corrected chi connectivity index (χ2v) is 8.86. The molecule has 8 nitrogen and oxygen atoms in total. The Bertz CT molecular complexity index is 1480. The van der Waals surface area contributed by atoms with E-state index in [0.29, 0.717) is 11.3 Å². The average molecular weight is 444 g/mol. The lowest BCUT2D eigenvalue weighted by Gasteiger charge is -2.10. The molecule has 2 N–H and O–H groups in total. The Labute approximate surface area is 188 Å². The molecule has 0 aliphatic heterocycles. The van der Waals surface area contributed by atoms with E-state index in [-0.39, 0.29) is 0 Å². The third-order valence-corrected chi connectivity index (χ3v) is 6.59. The molecule has 1 amide bonds. The second-order valence-electron chi connectivity index (χ2n) is 7.75. The van der Waals surface area contributed by atoms with Crippen LogP contribution >= 0.6 is 11.3 Å². The summed E-state index contributed by atoms with van der Waals surface area (Å²) < 4.78 is 3.91. The zero-order valence-corrected chi connectivity index (χ0v) is 18.7. The number of primary amides is 1. The van der Waals surface area contributed by atoms with Crippen molar-refractivity contribution < 1.29 is 4.79 Å². The van der Waals surface area contributed by atoms with Crippen molar-refractivity contribution in [2.24, 2.45) is 19.8 Å². The van der Waals surface area contributed by atoms with Gasteiger partial charge in [0.05, 0.1) is 39.8 Å². The van der Waals surface area contributed by atoms with E-state index in [0.717, 1.165) is 49.7 Å². The highest BCUT2D eigenvalue weighted by molar-refractivity contribution is 7.13. The number of aromatic nitrogens is 6. The molecule has 0 radical (unpaired) electrons. The minimum atomic E-state index is -0.443. The minimum absolute atomic E-state index is 0.443. The maximum atomic E-state index is 11.3. The van der Waals surface area contributed by atoms with Gasteiger partial charge in [-0.15, -0.1) is 11.3 Å². The van der Waals surface area contributed by atoms with Crippen LogP contribution < -0.4 is 5.73 Å². The topological polar surface area (TPSA) is 105 Å². The van der Waals surface area contributed by atoms with Crippen molar-refractivity contribution in [1.29, 1.82) is 0 Å². The predicted octanol–water partition coefficient (Wildman–Crippen LogP) is 3.49. The molecule has 1 aromatic carbocycles. The molecule has 0 saturated carbocycles. The number of carbonyl (C=O) groups is 1. The fourth-order valence-corrected chi connectivity index (χ4v) is 4.72. The number of fused-ring (bicyclic) bond motifs is 1. The minimum Gasteiger partial charge on any atom is -0.365 e. The molecule has 4 heterocycles. The number of benzene rings is 1. The van der Waals surface area contributed by atoms with Crippen LogP contribution in [0.25, 0.3) is 33.5 Å².